The summed E-state index contributed by atoms with van der Waals surface area (Å²) in [5.41, 5.74) is 11.9. The van der Waals surface area contributed by atoms with Gasteiger partial charge in [-0.05, 0) is 18.4 Å². The molecule has 1 aliphatic heterocycles. The summed E-state index contributed by atoms with van der Waals surface area (Å²) < 4.78 is 37.4. The van der Waals surface area contributed by atoms with Crippen LogP contribution in [-0.4, -0.2) is 87.0 Å². The third-order valence-electron chi connectivity index (χ3n) is 4.58. The predicted octanol–water partition coefficient (Wildman–Crippen LogP) is -2.51. The highest BCUT2D eigenvalue weighted by atomic mass is 32.2. The van der Waals surface area contributed by atoms with Crippen LogP contribution >= 0.6 is 11.8 Å². The van der Waals surface area contributed by atoms with E-state index in [1.807, 2.05) is 6.26 Å². The standard InChI is InChI=1S/C15H23N7O7S2/c1-30-3-2-7(16)14(25)21-31(26,27)28-4-8-10(23)11(24)15(29-8)22-6-20-9-12(17)18-5-19-13(9)22/h5-8,10-11,15,23-24H,2-4,16H2,1H3,(H,21,25)(H2,17,18,19)/t7-,8+,10+,11+,15?/m0/s1. The van der Waals surface area contributed by atoms with E-state index in [-0.39, 0.29) is 23.4 Å². The van der Waals surface area contributed by atoms with Gasteiger partial charge in [0.05, 0.1) is 19.0 Å². The maximum atomic E-state index is 12.0. The first-order valence-electron chi connectivity index (χ1n) is 9.04. The van der Waals surface area contributed by atoms with Crippen LogP contribution in [0, 0.1) is 0 Å². The second-order valence-electron chi connectivity index (χ2n) is 6.72. The van der Waals surface area contributed by atoms with Crippen molar-refractivity contribution in [2.24, 2.45) is 5.73 Å². The summed E-state index contributed by atoms with van der Waals surface area (Å²) in [4.78, 5) is 23.8. The Kier molecular flexibility index (Phi) is 7.30. The van der Waals surface area contributed by atoms with Crippen LogP contribution in [0.15, 0.2) is 12.7 Å². The molecule has 172 valence electrons. The van der Waals surface area contributed by atoms with Gasteiger partial charge in [-0.2, -0.15) is 20.2 Å². The highest BCUT2D eigenvalue weighted by Crippen LogP contribution is 2.32. The van der Waals surface area contributed by atoms with Crippen LogP contribution in [0.2, 0.25) is 0 Å². The van der Waals surface area contributed by atoms with Gasteiger partial charge in [0.2, 0.25) is 0 Å². The molecule has 31 heavy (non-hydrogen) atoms. The van der Waals surface area contributed by atoms with Crippen LogP contribution in [-0.2, 0) is 24.0 Å². The number of imidazole rings is 1. The van der Waals surface area contributed by atoms with Crippen LogP contribution in [0.3, 0.4) is 0 Å². The van der Waals surface area contributed by atoms with E-state index in [2.05, 4.69) is 15.0 Å². The van der Waals surface area contributed by atoms with Gasteiger partial charge in [0.1, 0.15) is 30.2 Å². The molecule has 2 aromatic heterocycles. The minimum absolute atomic E-state index is 0.120. The average molecular weight is 478 g/mol. The van der Waals surface area contributed by atoms with Gasteiger partial charge in [0.15, 0.2) is 17.7 Å². The van der Waals surface area contributed by atoms with E-state index < -0.39 is 53.4 Å². The van der Waals surface area contributed by atoms with E-state index in [1.165, 1.54) is 29.0 Å². The molecule has 16 heteroatoms. The van der Waals surface area contributed by atoms with E-state index >= 15 is 0 Å². The Morgan fingerprint density at radius 3 is 2.84 bits per heavy atom. The fourth-order valence-electron chi connectivity index (χ4n) is 2.91. The van der Waals surface area contributed by atoms with E-state index in [1.54, 1.807) is 4.72 Å². The Morgan fingerprint density at radius 2 is 2.13 bits per heavy atom. The first kappa shape index (κ1) is 23.6. The minimum atomic E-state index is -4.51. The van der Waals surface area contributed by atoms with Gasteiger partial charge < -0.3 is 26.4 Å². The first-order valence-corrected chi connectivity index (χ1v) is 11.8. The molecule has 1 unspecified atom stereocenters. The van der Waals surface area contributed by atoms with E-state index in [9.17, 15) is 23.4 Å². The Hall–Kier alpha value is -2.08. The summed E-state index contributed by atoms with van der Waals surface area (Å²) in [5, 5.41) is 20.6. The predicted molar refractivity (Wildman–Crippen MR) is 110 cm³/mol. The summed E-state index contributed by atoms with van der Waals surface area (Å²) in [7, 11) is -4.51. The number of fused-ring (bicyclic) bond motifs is 1. The molecule has 3 heterocycles. The van der Waals surface area contributed by atoms with Crippen molar-refractivity contribution in [2.45, 2.75) is 37.0 Å². The van der Waals surface area contributed by atoms with Crippen LogP contribution < -0.4 is 16.2 Å². The number of amides is 1. The zero-order chi connectivity index (χ0) is 22.8. The van der Waals surface area contributed by atoms with Gasteiger partial charge in [-0.15, -0.1) is 0 Å². The third kappa shape index (κ3) is 5.22. The van der Waals surface area contributed by atoms with Crippen molar-refractivity contribution >= 4 is 45.0 Å². The summed E-state index contributed by atoms with van der Waals surface area (Å²) in [6.45, 7) is -0.666. The van der Waals surface area contributed by atoms with Crippen molar-refractivity contribution < 1.29 is 32.3 Å². The Morgan fingerprint density at radius 1 is 1.39 bits per heavy atom. The number of aromatic nitrogens is 4. The van der Waals surface area contributed by atoms with Gasteiger partial charge in [0, 0.05) is 0 Å². The van der Waals surface area contributed by atoms with E-state index in [4.69, 9.17) is 20.4 Å². The van der Waals surface area contributed by atoms with Gasteiger partial charge >= 0.3 is 10.3 Å². The largest absolute Gasteiger partial charge is 0.387 e. The fourth-order valence-corrected chi connectivity index (χ4v) is 4.17. The van der Waals surface area contributed by atoms with Gasteiger partial charge in [0.25, 0.3) is 5.91 Å². The number of rotatable bonds is 9. The Labute approximate surface area is 181 Å². The average Bonchev–Trinajstić information content (AvgIpc) is 3.27. The van der Waals surface area contributed by atoms with E-state index in [0.29, 0.717) is 5.75 Å². The number of hydrogen-bond donors (Lipinski definition) is 5. The topological polar surface area (TPSA) is 218 Å². The van der Waals surface area contributed by atoms with Crippen molar-refractivity contribution in [1.29, 1.82) is 0 Å². The van der Waals surface area contributed by atoms with Crippen LogP contribution in [0.25, 0.3) is 11.2 Å². The molecule has 2 aromatic rings. The number of carbonyl (C=O) groups is 1. The summed E-state index contributed by atoms with van der Waals surface area (Å²) in [6.07, 6.45) is -0.689. The quantitative estimate of drug-likeness (QED) is 0.252. The molecule has 1 saturated heterocycles. The maximum absolute atomic E-state index is 12.0. The van der Waals surface area contributed by atoms with Crippen molar-refractivity contribution in [2.75, 3.05) is 24.3 Å². The molecule has 0 aromatic carbocycles. The van der Waals surface area contributed by atoms with Gasteiger partial charge in [-0.1, -0.05) is 0 Å². The van der Waals surface area contributed by atoms with E-state index in [0.717, 1.165) is 0 Å². The first-order chi connectivity index (χ1) is 14.6. The molecular weight excluding hydrogens is 454 g/mol. The van der Waals surface area contributed by atoms with Crippen LogP contribution in [0.1, 0.15) is 12.6 Å². The highest BCUT2D eigenvalue weighted by Gasteiger charge is 2.45. The molecule has 0 spiro atoms. The number of nitrogen functional groups attached to an aromatic ring is 1. The summed E-state index contributed by atoms with van der Waals surface area (Å²) in [6, 6.07) is -1.02. The summed E-state index contributed by atoms with van der Waals surface area (Å²) in [5.74, 6) is -0.215. The molecule has 0 radical (unpaired) electrons. The monoisotopic (exact) mass is 477 g/mol. The molecule has 1 aliphatic rings. The molecule has 0 saturated carbocycles. The molecule has 3 rings (SSSR count). The normalized spacial score (nSPS) is 25.0. The second kappa shape index (κ2) is 9.60. The number of hydrogen-bond acceptors (Lipinski definition) is 13. The molecule has 1 fully saturated rings. The van der Waals surface area contributed by atoms with Gasteiger partial charge in [-0.25, -0.2) is 19.7 Å². The summed E-state index contributed by atoms with van der Waals surface area (Å²) >= 11 is 1.46. The molecule has 0 aliphatic carbocycles. The SMILES string of the molecule is CSCC[C@H](N)C(=O)NS(=O)(=O)OC[C@H]1OC(n2cnc3c(N)ncnc32)[C@H](O)[C@@H]1O. The number of nitrogens with two attached hydrogens (primary N) is 2. The van der Waals surface area contributed by atoms with Gasteiger partial charge in [-0.3, -0.25) is 13.5 Å². The van der Waals surface area contributed by atoms with Crippen molar-refractivity contribution in [3.8, 4) is 0 Å². The number of nitrogens with one attached hydrogen (secondary N) is 1. The molecule has 14 nitrogen and oxygen atoms in total. The van der Waals surface area contributed by atoms with Crippen LogP contribution in [0.5, 0.6) is 0 Å². The number of aliphatic hydroxyl groups is 2. The number of anilines is 1. The molecular formula is C15H23N7O7S2. The minimum Gasteiger partial charge on any atom is -0.387 e. The molecule has 0 bridgehead atoms. The highest BCUT2D eigenvalue weighted by molar-refractivity contribution is 7.98. The smallest absolute Gasteiger partial charge is 0.362 e. The van der Waals surface area contributed by atoms with Crippen molar-refractivity contribution in [1.82, 2.24) is 24.2 Å². The zero-order valence-electron chi connectivity index (χ0n) is 16.4. The number of ether oxygens (including phenoxy) is 1. The zero-order valence-corrected chi connectivity index (χ0v) is 18.0. The number of aliphatic hydroxyl groups excluding tert-OH is 2. The van der Waals surface area contributed by atoms with Crippen molar-refractivity contribution in [3.63, 3.8) is 0 Å². The Balaban J connectivity index is 1.64. The van der Waals surface area contributed by atoms with Crippen LogP contribution in [0.4, 0.5) is 5.82 Å². The van der Waals surface area contributed by atoms with Crippen molar-refractivity contribution in [3.05, 3.63) is 12.7 Å². The lowest BCUT2D eigenvalue weighted by atomic mass is 10.1. The molecule has 7 N–H and O–H groups in total. The second-order valence-corrected chi connectivity index (χ2v) is 9.06. The maximum Gasteiger partial charge on any atom is 0.362 e. The molecule has 1 amide bonds. The number of thioether (sulfide) groups is 1. The lowest BCUT2D eigenvalue weighted by Crippen LogP contribution is -2.45. The lowest BCUT2D eigenvalue weighted by molar-refractivity contribution is -0.120. The lowest BCUT2D eigenvalue weighted by Gasteiger charge is -2.16. The fraction of sp³-hybridized carbons (Fsp3) is 0.600. The third-order valence-corrected chi connectivity index (χ3v) is 6.12. The number of nitrogens with zero attached hydrogens (tertiary/aromatic N) is 4. The Bertz CT molecular complexity index is 1030. The number of carbonyl (C=O) groups excluding carboxylic acids is 1. The molecule has 5 atom stereocenters.